The van der Waals surface area contributed by atoms with Gasteiger partial charge >= 0.3 is 0 Å². The molecule has 3 nitrogen and oxygen atoms in total. The highest BCUT2D eigenvalue weighted by Crippen LogP contribution is 2.57. The molecule has 0 saturated heterocycles. The van der Waals surface area contributed by atoms with Gasteiger partial charge in [0.2, 0.25) is 5.91 Å². The Morgan fingerprint density at radius 2 is 1.65 bits per heavy atom. The summed E-state index contributed by atoms with van der Waals surface area (Å²) in [4.78, 5) is 14.4. The maximum Gasteiger partial charge on any atom is 0.223 e. The molecule has 0 aromatic rings. The summed E-state index contributed by atoms with van der Waals surface area (Å²) >= 11 is 0. The van der Waals surface area contributed by atoms with Crippen LogP contribution in [0.2, 0.25) is 0 Å². The fourth-order valence-electron chi connectivity index (χ4n) is 5.57. The van der Waals surface area contributed by atoms with E-state index >= 15 is 0 Å². The van der Waals surface area contributed by atoms with Crippen LogP contribution in [-0.2, 0) is 4.79 Å². The first-order valence-electron chi connectivity index (χ1n) is 8.41. The highest BCUT2D eigenvalue weighted by atomic mass is 16.2. The minimum atomic E-state index is 0.270. The molecule has 0 aliphatic heterocycles. The Bertz CT molecular complexity index is 420. The van der Waals surface area contributed by atoms with Crippen LogP contribution in [0.5, 0.6) is 0 Å². The van der Waals surface area contributed by atoms with Crippen molar-refractivity contribution in [3.05, 3.63) is 0 Å². The number of rotatable bonds is 4. The SMILES string of the molecule is N#CCN(C(=O)CC1C2CC3CC(C2)CC1C3)C1CC1. The molecule has 0 radical (unpaired) electrons. The largest absolute Gasteiger partial charge is 0.326 e. The molecule has 0 heterocycles. The molecule has 5 fully saturated rings. The van der Waals surface area contributed by atoms with Crippen LogP contribution in [-0.4, -0.2) is 23.4 Å². The first-order chi connectivity index (χ1) is 9.74. The Hall–Kier alpha value is -1.04. The predicted molar refractivity (Wildman–Crippen MR) is 75.5 cm³/mol. The summed E-state index contributed by atoms with van der Waals surface area (Å²) in [6, 6.07) is 2.56. The van der Waals surface area contributed by atoms with E-state index in [4.69, 9.17) is 5.26 Å². The number of carbonyl (C=O) groups excluding carboxylic acids is 1. The fraction of sp³-hybridized carbons (Fsp3) is 0.882. The van der Waals surface area contributed by atoms with E-state index in [1.165, 1.54) is 32.1 Å². The Kier molecular flexibility index (Phi) is 3.02. The van der Waals surface area contributed by atoms with Gasteiger partial charge in [-0.1, -0.05) is 0 Å². The van der Waals surface area contributed by atoms with Crippen molar-refractivity contribution in [1.82, 2.24) is 4.90 Å². The molecule has 5 aliphatic rings. The number of nitriles is 1. The van der Waals surface area contributed by atoms with Gasteiger partial charge in [0.25, 0.3) is 0 Å². The van der Waals surface area contributed by atoms with Crippen LogP contribution in [0.3, 0.4) is 0 Å². The number of nitrogens with zero attached hydrogens (tertiary/aromatic N) is 2. The van der Waals surface area contributed by atoms with Gasteiger partial charge in [0, 0.05) is 12.5 Å². The zero-order valence-corrected chi connectivity index (χ0v) is 12.1. The number of hydrogen-bond donors (Lipinski definition) is 0. The normalized spacial score (nSPS) is 41.5. The van der Waals surface area contributed by atoms with Crippen LogP contribution in [0, 0.1) is 40.9 Å². The third-order valence-electron chi connectivity index (χ3n) is 6.38. The lowest BCUT2D eigenvalue weighted by molar-refractivity contribution is -0.136. The van der Waals surface area contributed by atoms with Crippen LogP contribution in [0.1, 0.15) is 51.4 Å². The second-order valence-corrected chi connectivity index (χ2v) is 7.71. The van der Waals surface area contributed by atoms with Crippen LogP contribution in [0.25, 0.3) is 0 Å². The van der Waals surface area contributed by atoms with E-state index in [0.29, 0.717) is 18.5 Å². The van der Waals surface area contributed by atoms with Gasteiger partial charge in [-0.3, -0.25) is 4.79 Å². The van der Waals surface area contributed by atoms with Crippen LogP contribution < -0.4 is 0 Å². The number of carbonyl (C=O) groups is 1. The van der Waals surface area contributed by atoms with Gasteiger partial charge in [-0.2, -0.15) is 5.26 Å². The zero-order valence-electron chi connectivity index (χ0n) is 12.1. The van der Waals surface area contributed by atoms with E-state index in [2.05, 4.69) is 6.07 Å². The van der Waals surface area contributed by atoms with Crippen LogP contribution in [0.4, 0.5) is 0 Å². The topological polar surface area (TPSA) is 44.1 Å². The van der Waals surface area contributed by atoms with Crippen LogP contribution in [0.15, 0.2) is 0 Å². The van der Waals surface area contributed by atoms with E-state index in [9.17, 15) is 4.79 Å². The summed E-state index contributed by atoms with van der Waals surface area (Å²) in [5, 5.41) is 8.93. The third-order valence-corrected chi connectivity index (χ3v) is 6.38. The lowest BCUT2D eigenvalue weighted by Crippen LogP contribution is -2.47. The first-order valence-corrected chi connectivity index (χ1v) is 8.41. The Morgan fingerprint density at radius 1 is 1.05 bits per heavy atom. The second kappa shape index (κ2) is 4.76. The van der Waals surface area contributed by atoms with E-state index in [0.717, 1.165) is 42.9 Å². The zero-order chi connectivity index (χ0) is 13.7. The van der Waals surface area contributed by atoms with Gasteiger partial charge < -0.3 is 4.90 Å². The summed E-state index contributed by atoms with van der Waals surface area (Å²) in [6.45, 7) is 0.302. The maximum atomic E-state index is 12.6. The third kappa shape index (κ3) is 2.14. The molecule has 5 rings (SSSR count). The summed E-state index contributed by atoms with van der Waals surface area (Å²) in [5.41, 5.74) is 0. The molecule has 4 bridgehead atoms. The Labute approximate surface area is 121 Å². The minimum Gasteiger partial charge on any atom is -0.326 e. The molecule has 0 N–H and O–H groups in total. The molecular weight excluding hydrogens is 248 g/mol. The molecule has 3 heteroatoms. The van der Waals surface area contributed by atoms with Crippen molar-refractivity contribution >= 4 is 5.91 Å². The van der Waals surface area contributed by atoms with Crippen molar-refractivity contribution in [2.24, 2.45) is 29.6 Å². The van der Waals surface area contributed by atoms with Gasteiger partial charge in [0.1, 0.15) is 6.54 Å². The number of hydrogen-bond acceptors (Lipinski definition) is 2. The van der Waals surface area contributed by atoms with Crippen molar-refractivity contribution in [3.63, 3.8) is 0 Å². The van der Waals surface area contributed by atoms with Gasteiger partial charge in [0.05, 0.1) is 6.07 Å². The predicted octanol–water partition coefficient (Wildman–Crippen LogP) is 2.96. The van der Waals surface area contributed by atoms with E-state index in [1.807, 2.05) is 4.90 Å². The van der Waals surface area contributed by atoms with E-state index in [-0.39, 0.29) is 5.91 Å². The second-order valence-electron chi connectivity index (χ2n) is 7.71. The molecule has 0 unspecified atom stereocenters. The molecule has 5 aliphatic carbocycles. The molecule has 108 valence electrons. The minimum absolute atomic E-state index is 0.270. The lowest BCUT2D eigenvalue weighted by atomic mass is 9.51. The Balaban J connectivity index is 1.43. The first kappa shape index (κ1) is 12.7. The Morgan fingerprint density at radius 3 is 2.15 bits per heavy atom. The molecule has 5 saturated carbocycles. The van der Waals surface area contributed by atoms with E-state index < -0.39 is 0 Å². The molecule has 0 aromatic heterocycles. The average molecular weight is 272 g/mol. The maximum absolute atomic E-state index is 12.6. The van der Waals surface area contributed by atoms with Crippen molar-refractivity contribution < 1.29 is 4.79 Å². The molecule has 0 spiro atoms. The molecule has 20 heavy (non-hydrogen) atoms. The van der Waals surface area contributed by atoms with Gasteiger partial charge in [0.15, 0.2) is 0 Å². The standard InChI is InChI=1S/C17H24N2O/c18-3-4-19(15-1-2-15)17(20)10-16-13-6-11-5-12(8-13)9-14(16)7-11/h11-16H,1-2,4-10H2. The summed E-state index contributed by atoms with van der Waals surface area (Å²) in [6.07, 6.45) is 9.94. The van der Waals surface area contributed by atoms with Crippen molar-refractivity contribution in [1.29, 1.82) is 5.26 Å². The number of amides is 1. The molecule has 0 atom stereocenters. The average Bonchev–Trinajstić information content (AvgIpc) is 3.23. The van der Waals surface area contributed by atoms with Crippen molar-refractivity contribution in [2.75, 3.05) is 6.54 Å². The quantitative estimate of drug-likeness (QED) is 0.738. The lowest BCUT2D eigenvalue weighted by Gasteiger charge is -2.54. The highest BCUT2D eigenvalue weighted by Gasteiger charge is 2.49. The van der Waals surface area contributed by atoms with Crippen molar-refractivity contribution in [3.8, 4) is 6.07 Å². The highest BCUT2D eigenvalue weighted by molar-refractivity contribution is 5.77. The van der Waals surface area contributed by atoms with Crippen LogP contribution >= 0.6 is 0 Å². The van der Waals surface area contributed by atoms with Crippen molar-refractivity contribution in [2.45, 2.75) is 57.4 Å². The van der Waals surface area contributed by atoms with Gasteiger partial charge in [-0.05, 0) is 74.5 Å². The smallest absolute Gasteiger partial charge is 0.223 e. The van der Waals surface area contributed by atoms with Gasteiger partial charge in [-0.25, -0.2) is 0 Å². The summed E-state index contributed by atoms with van der Waals surface area (Å²) < 4.78 is 0. The van der Waals surface area contributed by atoms with Gasteiger partial charge in [-0.15, -0.1) is 0 Å². The molecule has 0 aromatic carbocycles. The molecular formula is C17H24N2O. The fourth-order valence-corrected chi connectivity index (χ4v) is 5.57. The summed E-state index contributed by atoms with van der Waals surface area (Å²) in [5.74, 6) is 4.49. The van der Waals surface area contributed by atoms with E-state index in [1.54, 1.807) is 0 Å². The summed E-state index contributed by atoms with van der Waals surface area (Å²) in [7, 11) is 0. The monoisotopic (exact) mass is 272 g/mol. The molecule has 1 amide bonds.